The van der Waals surface area contributed by atoms with E-state index in [2.05, 4.69) is 10.1 Å². The molecule has 3 atom stereocenters. The molecule has 0 bridgehead atoms. The predicted molar refractivity (Wildman–Crippen MR) is 60.3 cm³/mol. The van der Waals surface area contributed by atoms with Gasteiger partial charge in [-0.3, -0.25) is 0 Å². The van der Waals surface area contributed by atoms with E-state index in [0.29, 0.717) is 6.61 Å². The molecule has 2 fully saturated rings. The van der Waals surface area contributed by atoms with Crippen LogP contribution in [0.25, 0.3) is 0 Å². The molecule has 0 spiro atoms. The van der Waals surface area contributed by atoms with Crippen LogP contribution in [-0.2, 0) is 14.3 Å². The van der Waals surface area contributed by atoms with E-state index in [9.17, 15) is 9.59 Å². The highest BCUT2D eigenvalue weighted by atomic mass is 16.5. The molecule has 0 aromatic rings. The first-order chi connectivity index (χ1) is 8.15. The van der Waals surface area contributed by atoms with Gasteiger partial charge in [0.25, 0.3) is 0 Å². The average Bonchev–Trinajstić information content (AvgIpc) is 2.93. The van der Waals surface area contributed by atoms with Crippen LogP contribution in [0.5, 0.6) is 0 Å². The molecule has 5 nitrogen and oxygen atoms in total. The van der Waals surface area contributed by atoms with Gasteiger partial charge in [0.1, 0.15) is 6.04 Å². The van der Waals surface area contributed by atoms with Crippen LogP contribution < -0.4 is 5.32 Å². The molecule has 1 amide bonds. The van der Waals surface area contributed by atoms with Gasteiger partial charge in [-0.1, -0.05) is 0 Å². The molecule has 0 saturated heterocycles. The van der Waals surface area contributed by atoms with Gasteiger partial charge in [-0.2, -0.15) is 0 Å². The van der Waals surface area contributed by atoms with Crippen LogP contribution in [0.15, 0.2) is 0 Å². The summed E-state index contributed by atoms with van der Waals surface area (Å²) in [7, 11) is 1.30. The first-order valence-corrected chi connectivity index (χ1v) is 6.16. The van der Waals surface area contributed by atoms with Crippen LogP contribution in [0.3, 0.4) is 0 Å². The van der Waals surface area contributed by atoms with Crippen LogP contribution in [-0.4, -0.2) is 31.8 Å². The van der Waals surface area contributed by atoms with Crippen molar-refractivity contribution in [2.24, 2.45) is 17.8 Å². The van der Waals surface area contributed by atoms with Crippen molar-refractivity contribution in [3.05, 3.63) is 0 Å². The number of hydrogen-bond acceptors (Lipinski definition) is 4. The van der Waals surface area contributed by atoms with Gasteiger partial charge in [0.2, 0.25) is 0 Å². The lowest BCUT2D eigenvalue weighted by Gasteiger charge is -2.23. The SMILES string of the molecule is CCOC(=O)C(NC(=O)OC)C1CC2CC2C1. The largest absolute Gasteiger partial charge is 0.464 e. The summed E-state index contributed by atoms with van der Waals surface area (Å²) in [5.74, 6) is 1.38. The third-order valence-corrected chi connectivity index (χ3v) is 3.75. The van der Waals surface area contributed by atoms with Gasteiger partial charge in [0, 0.05) is 0 Å². The first kappa shape index (κ1) is 12.2. The molecule has 0 heterocycles. The van der Waals surface area contributed by atoms with Gasteiger partial charge < -0.3 is 14.8 Å². The Bertz CT molecular complexity index is 308. The summed E-state index contributed by atoms with van der Waals surface area (Å²) in [4.78, 5) is 23.0. The maximum atomic E-state index is 11.8. The molecule has 0 aliphatic heterocycles. The van der Waals surface area contributed by atoms with Gasteiger partial charge in [-0.25, -0.2) is 9.59 Å². The summed E-state index contributed by atoms with van der Waals surface area (Å²) in [6, 6.07) is -0.546. The van der Waals surface area contributed by atoms with Gasteiger partial charge in [0.05, 0.1) is 13.7 Å². The number of esters is 1. The van der Waals surface area contributed by atoms with E-state index < -0.39 is 12.1 Å². The Morgan fingerprint density at radius 2 is 1.94 bits per heavy atom. The lowest BCUT2D eigenvalue weighted by Crippen LogP contribution is -2.46. The molecule has 2 aliphatic carbocycles. The van der Waals surface area contributed by atoms with Gasteiger partial charge in [-0.15, -0.1) is 0 Å². The molecule has 2 aliphatic rings. The number of fused-ring (bicyclic) bond motifs is 1. The smallest absolute Gasteiger partial charge is 0.407 e. The van der Waals surface area contributed by atoms with Crippen molar-refractivity contribution in [3.8, 4) is 0 Å². The van der Waals surface area contributed by atoms with E-state index >= 15 is 0 Å². The molecule has 0 aromatic heterocycles. The average molecular weight is 241 g/mol. The van der Waals surface area contributed by atoms with Crippen molar-refractivity contribution in [1.82, 2.24) is 5.32 Å². The number of ether oxygens (including phenoxy) is 2. The second-order valence-electron chi connectivity index (χ2n) is 4.85. The topological polar surface area (TPSA) is 64.6 Å². The van der Waals surface area contributed by atoms with E-state index in [-0.39, 0.29) is 11.9 Å². The third-order valence-electron chi connectivity index (χ3n) is 3.75. The Labute approximate surface area is 101 Å². The second kappa shape index (κ2) is 4.94. The van der Waals surface area contributed by atoms with E-state index in [0.717, 1.165) is 24.7 Å². The minimum absolute atomic E-state index is 0.205. The Morgan fingerprint density at radius 1 is 1.29 bits per heavy atom. The number of amides is 1. The van der Waals surface area contributed by atoms with Crippen molar-refractivity contribution in [2.75, 3.05) is 13.7 Å². The zero-order chi connectivity index (χ0) is 12.4. The summed E-state index contributed by atoms with van der Waals surface area (Å²) in [6.07, 6.45) is 2.74. The van der Waals surface area contributed by atoms with Crippen molar-refractivity contribution in [2.45, 2.75) is 32.2 Å². The molecule has 1 N–H and O–H groups in total. The van der Waals surface area contributed by atoms with Gasteiger partial charge >= 0.3 is 12.1 Å². The van der Waals surface area contributed by atoms with Crippen molar-refractivity contribution in [3.63, 3.8) is 0 Å². The Kier molecular flexibility index (Phi) is 3.54. The molecule has 0 aromatic carbocycles. The number of carbonyl (C=O) groups is 2. The number of methoxy groups -OCH3 is 1. The fourth-order valence-electron chi connectivity index (χ4n) is 2.82. The molecule has 96 valence electrons. The van der Waals surface area contributed by atoms with Crippen molar-refractivity contribution >= 4 is 12.1 Å². The number of rotatable bonds is 4. The van der Waals surface area contributed by atoms with Crippen molar-refractivity contribution in [1.29, 1.82) is 0 Å². The second-order valence-corrected chi connectivity index (χ2v) is 4.85. The minimum Gasteiger partial charge on any atom is -0.464 e. The molecular weight excluding hydrogens is 222 g/mol. The van der Waals surface area contributed by atoms with Crippen LogP contribution in [0.4, 0.5) is 4.79 Å². The fourth-order valence-corrected chi connectivity index (χ4v) is 2.82. The highest BCUT2D eigenvalue weighted by Crippen LogP contribution is 2.55. The van der Waals surface area contributed by atoms with Crippen LogP contribution in [0.2, 0.25) is 0 Å². The van der Waals surface area contributed by atoms with E-state index in [1.165, 1.54) is 13.5 Å². The third kappa shape index (κ3) is 2.70. The molecular formula is C12H19NO4. The molecule has 2 rings (SSSR count). The van der Waals surface area contributed by atoms with Crippen molar-refractivity contribution < 1.29 is 19.1 Å². The number of nitrogens with one attached hydrogen (secondary N) is 1. The van der Waals surface area contributed by atoms with E-state index in [4.69, 9.17) is 4.74 Å². The zero-order valence-electron chi connectivity index (χ0n) is 10.3. The molecule has 0 radical (unpaired) electrons. The van der Waals surface area contributed by atoms with Crippen LogP contribution in [0.1, 0.15) is 26.2 Å². The summed E-state index contributed by atoms with van der Waals surface area (Å²) >= 11 is 0. The maximum absolute atomic E-state index is 11.8. The highest BCUT2D eigenvalue weighted by molar-refractivity contribution is 5.81. The van der Waals surface area contributed by atoms with Gasteiger partial charge in [0.15, 0.2) is 0 Å². The number of alkyl carbamates (subject to hydrolysis) is 1. The molecule has 17 heavy (non-hydrogen) atoms. The van der Waals surface area contributed by atoms with Crippen LogP contribution >= 0.6 is 0 Å². The summed E-state index contributed by atoms with van der Waals surface area (Å²) in [5, 5.41) is 2.60. The quantitative estimate of drug-likeness (QED) is 0.754. The number of hydrogen-bond donors (Lipinski definition) is 1. The Balaban J connectivity index is 1.95. The normalized spacial score (nSPS) is 31.3. The standard InChI is InChI=1S/C12H19NO4/c1-3-17-11(14)10(13-12(15)16-2)9-5-7-4-8(7)6-9/h7-10H,3-6H2,1-2H3,(H,13,15). The van der Waals surface area contributed by atoms with Crippen LogP contribution in [0, 0.1) is 17.8 Å². The highest BCUT2D eigenvalue weighted by Gasteiger charge is 2.50. The molecule has 2 saturated carbocycles. The first-order valence-electron chi connectivity index (χ1n) is 6.16. The Hall–Kier alpha value is -1.26. The van der Waals surface area contributed by atoms with E-state index in [1.807, 2.05) is 0 Å². The predicted octanol–water partition coefficient (Wildman–Crippen LogP) is 1.32. The summed E-state index contributed by atoms with van der Waals surface area (Å²) < 4.78 is 9.55. The molecule has 3 unspecified atom stereocenters. The lowest BCUT2D eigenvalue weighted by molar-refractivity contribution is -0.147. The molecule has 5 heteroatoms. The van der Waals surface area contributed by atoms with E-state index in [1.54, 1.807) is 6.92 Å². The maximum Gasteiger partial charge on any atom is 0.407 e. The summed E-state index contributed by atoms with van der Waals surface area (Å²) in [5.41, 5.74) is 0. The monoisotopic (exact) mass is 241 g/mol. The fraction of sp³-hybridized carbons (Fsp3) is 0.833. The number of carbonyl (C=O) groups excluding carboxylic acids is 2. The zero-order valence-corrected chi connectivity index (χ0v) is 10.3. The van der Waals surface area contributed by atoms with Gasteiger partial charge in [-0.05, 0) is 43.9 Å². The Morgan fingerprint density at radius 3 is 2.47 bits per heavy atom. The minimum atomic E-state index is -0.566. The summed E-state index contributed by atoms with van der Waals surface area (Å²) in [6.45, 7) is 2.09. The lowest BCUT2D eigenvalue weighted by atomic mass is 9.94.